The largest absolute Gasteiger partial charge is 0.357 e. The summed E-state index contributed by atoms with van der Waals surface area (Å²) >= 11 is 5.92. The van der Waals surface area contributed by atoms with Crippen LogP contribution in [0.25, 0.3) is 0 Å². The average Bonchev–Trinajstić information content (AvgIpc) is 2.38. The molecule has 2 aromatic rings. The maximum atomic E-state index is 11.0. The van der Waals surface area contributed by atoms with Crippen LogP contribution < -0.4 is 9.88 Å². The lowest BCUT2D eigenvalue weighted by Gasteiger charge is -2.11. The van der Waals surface area contributed by atoms with Crippen LogP contribution in [0.15, 0.2) is 42.6 Å². The van der Waals surface area contributed by atoms with E-state index in [9.17, 15) is 10.1 Å². The normalized spacial score (nSPS) is 10.2. The first kappa shape index (κ1) is 13.3. The van der Waals surface area contributed by atoms with Crippen molar-refractivity contribution >= 4 is 23.1 Å². The molecule has 98 valence electrons. The first-order chi connectivity index (χ1) is 9.08. The Hall–Kier alpha value is -2.14. The number of hydrogen-bond donors (Lipinski definition) is 0. The molecule has 1 aromatic heterocycles. The number of nitrogens with one attached hydrogen (secondary N) is 1. The molecule has 0 aliphatic heterocycles. The topological polar surface area (TPSA) is 60.5 Å². The van der Waals surface area contributed by atoms with Crippen molar-refractivity contribution in [2.24, 2.45) is 0 Å². The first-order valence-electron chi connectivity index (χ1n) is 5.68. The third kappa shape index (κ3) is 3.20. The highest BCUT2D eigenvalue weighted by Crippen LogP contribution is 2.22. The zero-order valence-electron chi connectivity index (χ0n) is 10.3. The van der Waals surface area contributed by atoms with E-state index in [1.54, 1.807) is 30.3 Å². The second-order valence-corrected chi connectivity index (χ2v) is 4.58. The Morgan fingerprint density at radius 3 is 2.84 bits per heavy atom. The van der Waals surface area contributed by atoms with Gasteiger partial charge in [0.2, 0.25) is 0 Å². The number of nitro groups is 1. The van der Waals surface area contributed by atoms with E-state index < -0.39 is 4.92 Å². The van der Waals surface area contributed by atoms with E-state index in [0.29, 0.717) is 17.4 Å². The van der Waals surface area contributed by atoms with Gasteiger partial charge in [-0.25, -0.2) is 4.98 Å². The maximum Gasteiger partial charge on any atom is 0.357 e. The van der Waals surface area contributed by atoms with Crippen molar-refractivity contribution in [3.63, 3.8) is 0 Å². The van der Waals surface area contributed by atoms with E-state index in [1.807, 2.05) is 18.2 Å². The van der Waals surface area contributed by atoms with Crippen LogP contribution in [0, 0.1) is 10.1 Å². The minimum absolute atomic E-state index is 0.0482. The van der Waals surface area contributed by atoms with Gasteiger partial charge in [0.25, 0.3) is 0 Å². The van der Waals surface area contributed by atoms with Gasteiger partial charge in [-0.2, -0.15) is 0 Å². The third-order valence-corrected chi connectivity index (χ3v) is 2.94. The summed E-state index contributed by atoms with van der Waals surface area (Å²) in [5, 5.41) is 11.6. The van der Waals surface area contributed by atoms with E-state index in [0.717, 1.165) is 5.56 Å². The smallest absolute Gasteiger partial charge is 0.258 e. The van der Waals surface area contributed by atoms with Crippen LogP contribution in [-0.2, 0) is 6.54 Å². The van der Waals surface area contributed by atoms with Gasteiger partial charge >= 0.3 is 11.5 Å². The highest BCUT2D eigenvalue weighted by molar-refractivity contribution is 6.30. The van der Waals surface area contributed by atoms with Gasteiger partial charge in [0.15, 0.2) is 0 Å². The number of aromatic nitrogens is 1. The second kappa shape index (κ2) is 5.67. The molecule has 0 aliphatic carbocycles. The molecular formula is C13H13ClN3O2+. The number of benzene rings is 1. The van der Waals surface area contributed by atoms with Crippen LogP contribution in [0.3, 0.4) is 0 Å². The van der Waals surface area contributed by atoms with Crippen LogP contribution in [0.5, 0.6) is 0 Å². The van der Waals surface area contributed by atoms with Crippen LogP contribution in [0.1, 0.15) is 5.56 Å². The van der Waals surface area contributed by atoms with Gasteiger partial charge in [-0.1, -0.05) is 23.7 Å². The molecule has 19 heavy (non-hydrogen) atoms. The highest BCUT2D eigenvalue weighted by atomic mass is 35.5. The quantitative estimate of drug-likeness (QED) is 0.638. The summed E-state index contributed by atoms with van der Waals surface area (Å²) in [6, 6.07) is 10.5. The van der Waals surface area contributed by atoms with Gasteiger partial charge in [0.05, 0.1) is 18.2 Å². The van der Waals surface area contributed by atoms with Crippen LogP contribution in [-0.4, -0.2) is 12.0 Å². The average molecular weight is 279 g/mol. The lowest BCUT2D eigenvalue weighted by atomic mass is 10.2. The standard InChI is InChI=1S/C13H12ClN3O2/c1-16(9-10-4-2-5-11(14)8-10)13-12(17(18)19)6-3-7-15-13/h2-8H,9H2,1H3/p+1. The fourth-order valence-corrected chi connectivity index (χ4v) is 2.07. The van der Waals surface area contributed by atoms with Crippen LogP contribution >= 0.6 is 11.6 Å². The molecule has 0 radical (unpaired) electrons. The number of H-pyrrole nitrogens is 1. The summed E-state index contributed by atoms with van der Waals surface area (Å²) in [4.78, 5) is 15.3. The SMILES string of the molecule is CN(Cc1cccc(Cl)c1)c1[nH+]cccc1[N+](=O)[O-]. The molecular weight excluding hydrogens is 266 g/mol. The van der Waals surface area contributed by atoms with Crippen molar-refractivity contribution in [2.75, 3.05) is 11.9 Å². The Labute approximate surface area is 115 Å². The number of anilines is 1. The molecule has 0 saturated carbocycles. The summed E-state index contributed by atoms with van der Waals surface area (Å²) in [5.41, 5.74) is 1.04. The summed E-state index contributed by atoms with van der Waals surface area (Å²) in [6.07, 6.45) is 1.66. The Morgan fingerprint density at radius 1 is 1.37 bits per heavy atom. The zero-order valence-corrected chi connectivity index (χ0v) is 11.1. The number of aromatic amines is 1. The van der Waals surface area contributed by atoms with Crippen molar-refractivity contribution in [1.29, 1.82) is 0 Å². The number of pyridine rings is 1. The summed E-state index contributed by atoms with van der Waals surface area (Å²) in [6.45, 7) is 0.530. The monoisotopic (exact) mass is 278 g/mol. The first-order valence-corrected chi connectivity index (χ1v) is 6.06. The lowest BCUT2D eigenvalue weighted by molar-refractivity contribution is -0.411. The van der Waals surface area contributed by atoms with E-state index >= 15 is 0 Å². The molecule has 0 aliphatic rings. The molecule has 0 unspecified atom stereocenters. The van der Waals surface area contributed by atoms with Crippen molar-refractivity contribution in [2.45, 2.75) is 6.54 Å². The molecule has 1 aromatic carbocycles. The van der Waals surface area contributed by atoms with Gasteiger partial charge in [0.1, 0.15) is 6.54 Å². The molecule has 6 heteroatoms. The van der Waals surface area contributed by atoms with Gasteiger partial charge in [-0.15, -0.1) is 0 Å². The van der Waals surface area contributed by atoms with Crippen LogP contribution in [0.2, 0.25) is 5.02 Å². The minimum Gasteiger partial charge on any atom is -0.258 e. The van der Waals surface area contributed by atoms with Crippen molar-refractivity contribution in [3.8, 4) is 0 Å². The highest BCUT2D eigenvalue weighted by Gasteiger charge is 2.24. The fourth-order valence-electron chi connectivity index (χ4n) is 1.86. The van der Waals surface area contributed by atoms with Crippen molar-refractivity contribution < 1.29 is 9.91 Å². The molecule has 2 rings (SSSR count). The van der Waals surface area contributed by atoms with E-state index in [2.05, 4.69) is 4.98 Å². The Kier molecular flexibility index (Phi) is 3.97. The molecule has 0 spiro atoms. The molecule has 1 heterocycles. The third-order valence-electron chi connectivity index (χ3n) is 2.70. The number of halogens is 1. The molecule has 5 nitrogen and oxygen atoms in total. The number of nitrogens with zero attached hydrogens (tertiary/aromatic N) is 2. The van der Waals surface area contributed by atoms with Crippen LogP contribution in [0.4, 0.5) is 11.5 Å². The molecule has 1 N–H and O–H groups in total. The summed E-state index contributed by atoms with van der Waals surface area (Å²) in [7, 11) is 1.79. The van der Waals surface area contributed by atoms with Gasteiger partial charge in [-0.05, 0) is 23.8 Å². The molecule has 0 saturated heterocycles. The second-order valence-electron chi connectivity index (χ2n) is 4.15. The predicted molar refractivity (Wildman–Crippen MR) is 73.2 cm³/mol. The minimum atomic E-state index is -0.402. The Bertz CT molecular complexity index is 604. The van der Waals surface area contributed by atoms with Gasteiger partial charge in [0, 0.05) is 11.1 Å². The molecule has 0 amide bonds. The lowest BCUT2D eigenvalue weighted by Crippen LogP contribution is -2.25. The summed E-state index contributed by atoms with van der Waals surface area (Å²) in [5.74, 6) is 0.465. The molecule has 0 atom stereocenters. The number of hydrogen-bond acceptors (Lipinski definition) is 3. The summed E-state index contributed by atoms with van der Waals surface area (Å²) < 4.78 is 0. The Morgan fingerprint density at radius 2 is 2.16 bits per heavy atom. The van der Waals surface area contributed by atoms with Crippen molar-refractivity contribution in [1.82, 2.24) is 0 Å². The fraction of sp³-hybridized carbons (Fsp3) is 0.154. The zero-order chi connectivity index (χ0) is 13.8. The Balaban J connectivity index is 2.25. The molecule has 0 bridgehead atoms. The number of rotatable bonds is 4. The predicted octanol–water partition coefficient (Wildman–Crippen LogP) is 2.70. The maximum absolute atomic E-state index is 11.0. The molecule has 0 fully saturated rings. The van der Waals surface area contributed by atoms with E-state index in [-0.39, 0.29) is 5.69 Å². The van der Waals surface area contributed by atoms with E-state index in [1.165, 1.54) is 6.07 Å². The van der Waals surface area contributed by atoms with Gasteiger partial charge in [-0.3, -0.25) is 15.0 Å². The van der Waals surface area contributed by atoms with Crippen molar-refractivity contribution in [3.05, 3.63) is 63.3 Å². The van der Waals surface area contributed by atoms with Gasteiger partial charge < -0.3 is 0 Å². The van der Waals surface area contributed by atoms with E-state index in [4.69, 9.17) is 11.6 Å².